The molecule has 0 amide bonds. The van der Waals surface area contributed by atoms with E-state index in [2.05, 4.69) is 20.1 Å². The van der Waals surface area contributed by atoms with Gasteiger partial charge in [-0.05, 0) is 31.2 Å². The van der Waals surface area contributed by atoms with Gasteiger partial charge < -0.3 is 5.73 Å². The number of hydrogen-bond donors (Lipinski definition) is 1. The van der Waals surface area contributed by atoms with E-state index in [0.717, 1.165) is 28.0 Å². The number of nitrogen functional groups attached to an aromatic ring is 1. The van der Waals surface area contributed by atoms with Crippen LogP contribution in [0.1, 0.15) is 5.69 Å². The third kappa shape index (κ3) is 1.73. The Balaban J connectivity index is 2.00. The molecule has 6 nitrogen and oxygen atoms in total. The van der Waals surface area contributed by atoms with Gasteiger partial charge in [0, 0.05) is 18.0 Å². The van der Waals surface area contributed by atoms with Crippen LogP contribution in [0.4, 0.5) is 5.82 Å². The Labute approximate surface area is 120 Å². The number of aryl methyl sites for hydroxylation is 1. The molecule has 2 N–H and O–H groups in total. The summed E-state index contributed by atoms with van der Waals surface area (Å²) in [6.45, 7) is 1.91. The summed E-state index contributed by atoms with van der Waals surface area (Å²) in [6.07, 6.45) is 9.34. The Morgan fingerprint density at radius 2 is 1.90 bits per heavy atom. The maximum atomic E-state index is 6.11. The van der Waals surface area contributed by atoms with Crippen LogP contribution >= 0.6 is 0 Å². The van der Waals surface area contributed by atoms with Crippen molar-refractivity contribution in [2.24, 2.45) is 0 Å². The molecular weight excluding hydrogens is 264 g/mol. The summed E-state index contributed by atoms with van der Waals surface area (Å²) in [7, 11) is 0. The third-order valence-corrected chi connectivity index (χ3v) is 3.45. The van der Waals surface area contributed by atoms with Crippen molar-refractivity contribution >= 4 is 22.5 Å². The van der Waals surface area contributed by atoms with Gasteiger partial charge >= 0.3 is 0 Å². The molecule has 102 valence electrons. The lowest BCUT2D eigenvalue weighted by atomic mass is 10.2. The average Bonchev–Trinajstić information content (AvgIpc) is 2.75. The van der Waals surface area contributed by atoms with Gasteiger partial charge in [-0.3, -0.25) is 4.98 Å². The highest BCUT2D eigenvalue weighted by Crippen LogP contribution is 2.28. The first-order valence-corrected chi connectivity index (χ1v) is 6.56. The molecule has 6 heteroatoms. The molecule has 0 aliphatic heterocycles. The van der Waals surface area contributed by atoms with Crippen LogP contribution in [-0.2, 0) is 0 Å². The fourth-order valence-electron chi connectivity index (χ4n) is 2.35. The van der Waals surface area contributed by atoms with Crippen molar-refractivity contribution in [2.45, 2.75) is 6.92 Å². The smallest absolute Gasteiger partial charge is 0.169 e. The number of pyridine rings is 1. The van der Waals surface area contributed by atoms with Crippen molar-refractivity contribution in [3.05, 3.63) is 48.4 Å². The fraction of sp³-hybridized carbons (Fsp3) is 0.0667. The predicted octanol–water partition coefficient (Wildman–Crippen LogP) is 2.19. The molecule has 0 bridgehead atoms. The van der Waals surface area contributed by atoms with Crippen molar-refractivity contribution in [3.8, 4) is 11.4 Å². The summed E-state index contributed by atoms with van der Waals surface area (Å²) in [6, 6.07) is 3.72. The molecule has 0 atom stereocenters. The molecule has 0 saturated carbocycles. The van der Waals surface area contributed by atoms with Crippen LogP contribution in [0.5, 0.6) is 0 Å². The van der Waals surface area contributed by atoms with Gasteiger partial charge in [0.15, 0.2) is 11.5 Å². The Morgan fingerprint density at radius 1 is 1.14 bits per heavy atom. The summed E-state index contributed by atoms with van der Waals surface area (Å²) in [4.78, 5) is 13.0. The normalized spacial score (nSPS) is 13.3. The fourth-order valence-corrected chi connectivity index (χ4v) is 2.35. The van der Waals surface area contributed by atoms with Crippen LogP contribution in [0.3, 0.4) is 0 Å². The van der Waals surface area contributed by atoms with Crippen LogP contribution < -0.4 is 5.73 Å². The second-order valence-corrected chi connectivity index (χ2v) is 4.81. The first-order chi connectivity index (χ1) is 10.2. The first kappa shape index (κ1) is 11.8. The quantitative estimate of drug-likeness (QED) is 0.775. The number of hydrogen-bond acceptors (Lipinski definition) is 5. The maximum absolute atomic E-state index is 6.11. The molecule has 4 rings (SSSR count). The van der Waals surface area contributed by atoms with Crippen LogP contribution in [-0.4, -0.2) is 24.7 Å². The van der Waals surface area contributed by atoms with Crippen molar-refractivity contribution in [2.75, 3.05) is 5.73 Å². The summed E-state index contributed by atoms with van der Waals surface area (Å²) in [5, 5.41) is 5.31. The van der Waals surface area contributed by atoms with E-state index >= 15 is 0 Å². The van der Waals surface area contributed by atoms with Crippen LogP contribution in [0, 0.1) is 6.92 Å². The highest BCUT2D eigenvalue weighted by molar-refractivity contribution is 5.92. The molecule has 0 fully saturated rings. The molecule has 1 aliphatic rings. The van der Waals surface area contributed by atoms with Crippen LogP contribution in [0.2, 0.25) is 0 Å². The van der Waals surface area contributed by atoms with Crippen LogP contribution in [0.15, 0.2) is 42.8 Å². The minimum atomic E-state index is 0.444. The lowest BCUT2D eigenvalue weighted by molar-refractivity contribution is 0.899. The number of fused-ring (bicyclic) bond motifs is 1. The summed E-state index contributed by atoms with van der Waals surface area (Å²) in [5.41, 5.74) is 9.53. The number of allylic oxidation sites excluding steroid dienone is 4. The van der Waals surface area contributed by atoms with E-state index in [1.165, 1.54) is 0 Å². The number of rotatable bonds is 2. The molecule has 3 heterocycles. The lowest BCUT2D eigenvalue weighted by Gasteiger charge is -2.09. The molecule has 0 radical (unpaired) electrons. The van der Waals surface area contributed by atoms with Crippen molar-refractivity contribution in [3.63, 3.8) is 0 Å². The SMILES string of the molecule is Cc1nn(C2=CC=C2)c2nc(-c3ccncc3)nc(N)c12. The Hall–Kier alpha value is -3.02. The average molecular weight is 276 g/mol. The summed E-state index contributed by atoms with van der Waals surface area (Å²) >= 11 is 0. The molecule has 0 unspecified atom stereocenters. The number of anilines is 1. The standard InChI is InChI=1S/C15H12N6/c1-9-12-13(16)18-14(10-5-7-17-8-6-10)19-15(12)21(20-9)11-3-2-4-11/h2-8H,1H3,(H2,16,18,19). The van der Waals surface area contributed by atoms with Gasteiger partial charge in [0.1, 0.15) is 5.82 Å². The van der Waals surface area contributed by atoms with Crippen LogP contribution in [0.25, 0.3) is 28.1 Å². The van der Waals surface area contributed by atoms with Gasteiger partial charge in [0.25, 0.3) is 0 Å². The Bertz CT molecular complexity index is 905. The largest absolute Gasteiger partial charge is 0.383 e. The predicted molar refractivity (Wildman–Crippen MR) is 81.1 cm³/mol. The second kappa shape index (κ2) is 4.24. The Morgan fingerprint density at radius 3 is 2.57 bits per heavy atom. The number of aromatic nitrogens is 5. The van der Waals surface area contributed by atoms with E-state index in [4.69, 9.17) is 5.73 Å². The topological polar surface area (TPSA) is 82.5 Å². The molecule has 0 spiro atoms. The molecule has 0 aromatic carbocycles. The maximum Gasteiger partial charge on any atom is 0.169 e. The van der Waals surface area contributed by atoms with Crippen molar-refractivity contribution in [1.29, 1.82) is 0 Å². The van der Waals surface area contributed by atoms with Gasteiger partial charge in [-0.1, -0.05) is 6.08 Å². The molecule has 21 heavy (non-hydrogen) atoms. The Kier molecular flexibility index (Phi) is 2.38. The summed E-state index contributed by atoms with van der Waals surface area (Å²) in [5.74, 6) is 1.02. The molecule has 3 aromatic heterocycles. The van der Waals surface area contributed by atoms with Crippen molar-refractivity contribution < 1.29 is 0 Å². The van der Waals surface area contributed by atoms with Gasteiger partial charge in [-0.2, -0.15) is 5.10 Å². The molecule has 1 aliphatic carbocycles. The second-order valence-electron chi connectivity index (χ2n) is 4.81. The monoisotopic (exact) mass is 276 g/mol. The molecule has 0 saturated heterocycles. The zero-order valence-electron chi connectivity index (χ0n) is 11.4. The van der Waals surface area contributed by atoms with E-state index < -0.39 is 0 Å². The number of nitrogens with two attached hydrogens (primary N) is 1. The summed E-state index contributed by atoms with van der Waals surface area (Å²) < 4.78 is 1.80. The minimum Gasteiger partial charge on any atom is -0.383 e. The van der Waals surface area contributed by atoms with Gasteiger partial charge in [-0.25, -0.2) is 14.6 Å². The minimum absolute atomic E-state index is 0.444. The van der Waals surface area contributed by atoms with E-state index in [1.807, 2.05) is 37.3 Å². The number of nitrogens with zero attached hydrogens (tertiary/aromatic N) is 5. The van der Waals surface area contributed by atoms with Crippen molar-refractivity contribution in [1.82, 2.24) is 24.7 Å². The van der Waals surface area contributed by atoms with E-state index in [0.29, 0.717) is 11.6 Å². The highest BCUT2D eigenvalue weighted by Gasteiger charge is 2.17. The molecular formula is C15H12N6. The van der Waals surface area contributed by atoms with Gasteiger partial charge in [-0.15, -0.1) is 0 Å². The first-order valence-electron chi connectivity index (χ1n) is 6.56. The van der Waals surface area contributed by atoms with Gasteiger partial charge in [0.05, 0.1) is 16.8 Å². The highest BCUT2D eigenvalue weighted by atomic mass is 15.3. The zero-order chi connectivity index (χ0) is 14.4. The third-order valence-electron chi connectivity index (χ3n) is 3.45. The van der Waals surface area contributed by atoms with E-state index in [-0.39, 0.29) is 0 Å². The van der Waals surface area contributed by atoms with Gasteiger partial charge in [0.2, 0.25) is 0 Å². The van der Waals surface area contributed by atoms with E-state index in [1.54, 1.807) is 17.1 Å². The lowest BCUT2D eigenvalue weighted by Crippen LogP contribution is -2.03. The van der Waals surface area contributed by atoms with E-state index in [9.17, 15) is 0 Å². The molecule has 3 aromatic rings. The zero-order valence-corrected chi connectivity index (χ0v) is 11.4.